The summed E-state index contributed by atoms with van der Waals surface area (Å²) in [5, 5.41) is 0.202. The average Bonchev–Trinajstić information content (AvgIpc) is 1.85. The molecule has 0 aromatic carbocycles. The van der Waals surface area contributed by atoms with Gasteiger partial charge in [0.15, 0.2) is 0 Å². The summed E-state index contributed by atoms with van der Waals surface area (Å²) in [5.41, 5.74) is 1.31. The number of terminal acetylenes is 1. The maximum absolute atomic E-state index is 5.51. The molecule has 50 valence electrons. The van der Waals surface area contributed by atoms with E-state index in [0.29, 0.717) is 5.69 Å². The molecule has 3 heteroatoms. The minimum absolute atomic E-state index is 0.202. The van der Waals surface area contributed by atoms with Crippen molar-refractivity contribution in [1.82, 2.24) is 9.97 Å². The van der Waals surface area contributed by atoms with Crippen LogP contribution in [0.15, 0.2) is 6.07 Å². The molecule has 0 atom stereocenters. The lowest BCUT2D eigenvalue weighted by molar-refractivity contribution is 1.09. The lowest BCUT2D eigenvalue weighted by atomic mass is 10.3. The number of aryl methyl sites for hydroxylation is 1. The van der Waals surface area contributed by atoms with Gasteiger partial charge in [-0.2, -0.15) is 0 Å². The smallest absolute Gasteiger partial charge is 0.223 e. The number of hydrogen-bond acceptors (Lipinski definition) is 2. The largest absolute Gasteiger partial charge is 0.223 e. The first-order chi connectivity index (χ1) is 4.72. The highest BCUT2D eigenvalue weighted by atomic mass is 35.5. The molecule has 0 amide bonds. The molecule has 0 N–H and O–H groups in total. The van der Waals surface area contributed by atoms with Crippen molar-refractivity contribution in [2.24, 2.45) is 0 Å². The van der Waals surface area contributed by atoms with Crippen LogP contribution in [0.25, 0.3) is 0 Å². The molecular formula is C7H5ClN2. The molecule has 1 aromatic rings. The van der Waals surface area contributed by atoms with Gasteiger partial charge in [0, 0.05) is 5.69 Å². The quantitative estimate of drug-likeness (QED) is 0.415. The molecule has 2 nitrogen and oxygen atoms in total. The Labute approximate surface area is 64.3 Å². The predicted octanol–water partition coefficient (Wildman–Crippen LogP) is 1.42. The summed E-state index contributed by atoms with van der Waals surface area (Å²) >= 11 is 5.51. The Morgan fingerprint density at radius 2 is 2.30 bits per heavy atom. The Kier molecular flexibility index (Phi) is 1.88. The fourth-order valence-corrected chi connectivity index (χ4v) is 0.831. The highest BCUT2D eigenvalue weighted by Crippen LogP contribution is 2.03. The van der Waals surface area contributed by atoms with E-state index in [-0.39, 0.29) is 5.28 Å². The first-order valence-corrected chi connectivity index (χ1v) is 3.08. The van der Waals surface area contributed by atoms with Gasteiger partial charge in [-0.15, -0.1) is 6.42 Å². The maximum atomic E-state index is 5.51. The van der Waals surface area contributed by atoms with Crippen LogP contribution in [0.4, 0.5) is 0 Å². The molecule has 0 bridgehead atoms. The topological polar surface area (TPSA) is 25.8 Å². The van der Waals surface area contributed by atoms with E-state index in [1.807, 2.05) is 6.92 Å². The molecule has 0 aliphatic heterocycles. The number of halogens is 1. The third-order valence-electron chi connectivity index (χ3n) is 0.975. The zero-order valence-corrected chi connectivity index (χ0v) is 6.18. The second-order valence-electron chi connectivity index (χ2n) is 1.81. The molecule has 10 heavy (non-hydrogen) atoms. The molecule has 1 aromatic heterocycles. The van der Waals surface area contributed by atoms with Crippen molar-refractivity contribution in [3.05, 3.63) is 22.7 Å². The first-order valence-electron chi connectivity index (χ1n) is 2.70. The minimum Gasteiger partial charge on any atom is -0.223 e. The molecule has 1 heterocycles. The highest BCUT2D eigenvalue weighted by molar-refractivity contribution is 6.28. The van der Waals surface area contributed by atoms with Gasteiger partial charge in [-0.05, 0) is 24.6 Å². The lowest BCUT2D eigenvalue weighted by Gasteiger charge is -1.92. The molecule has 0 aliphatic rings. The van der Waals surface area contributed by atoms with Crippen LogP contribution in [-0.4, -0.2) is 9.97 Å². The van der Waals surface area contributed by atoms with Crippen LogP contribution < -0.4 is 0 Å². The fraction of sp³-hybridized carbons (Fsp3) is 0.143. The monoisotopic (exact) mass is 152 g/mol. The van der Waals surface area contributed by atoms with Gasteiger partial charge in [-0.3, -0.25) is 0 Å². The fourth-order valence-electron chi connectivity index (χ4n) is 0.606. The highest BCUT2D eigenvalue weighted by Gasteiger charge is 1.94. The van der Waals surface area contributed by atoms with E-state index in [1.165, 1.54) is 0 Å². The molecule has 0 spiro atoms. The van der Waals surface area contributed by atoms with E-state index in [4.69, 9.17) is 18.0 Å². The third-order valence-corrected chi connectivity index (χ3v) is 1.14. The molecule has 0 fully saturated rings. The van der Waals surface area contributed by atoms with E-state index in [9.17, 15) is 0 Å². The Morgan fingerprint density at radius 1 is 1.60 bits per heavy atom. The van der Waals surface area contributed by atoms with E-state index in [1.54, 1.807) is 6.07 Å². The standard InChI is InChI=1S/C7H5ClN2/c1-3-6-4-5(2)9-7(8)10-6/h1,4H,2H3. The van der Waals surface area contributed by atoms with Gasteiger partial charge in [-0.1, -0.05) is 5.92 Å². The van der Waals surface area contributed by atoms with Gasteiger partial charge in [-0.25, -0.2) is 9.97 Å². The number of rotatable bonds is 0. The molecule has 0 aliphatic carbocycles. The third kappa shape index (κ3) is 1.46. The van der Waals surface area contributed by atoms with Crippen LogP contribution in [0.2, 0.25) is 5.28 Å². The lowest BCUT2D eigenvalue weighted by Crippen LogP contribution is -1.89. The Hall–Kier alpha value is -1.07. The normalized spacial score (nSPS) is 8.90. The van der Waals surface area contributed by atoms with Crippen LogP contribution in [0.5, 0.6) is 0 Å². The molecule has 0 saturated carbocycles. The Bertz CT molecular complexity index is 268. The van der Waals surface area contributed by atoms with Crippen molar-refractivity contribution >= 4 is 11.6 Å². The van der Waals surface area contributed by atoms with Crippen molar-refractivity contribution in [1.29, 1.82) is 0 Å². The van der Waals surface area contributed by atoms with Gasteiger partial charge in [0.25, 0.3) is 0 Å². The van der Waals surface area contributed by atoms with E-state index in [0.717, 1.165) is 5.69 Å². The van der Waals surface area contributed by atoms with Gasteiger partial charge in [0.2, 0.25) is 5.28 Å². The number of aromatic nitrogens is 2. The molecule has 1 rings (SSSR count). The summed E-state index contributed by atoms with van der Waals surface area (Å²) in [4.78, 5) is 7.61. The average molecular weight is 153 g/mol. The van der Waals surface area contributed by atoms with Crippen LogP contribution in [0.1, 0.15) is 11.4 Å². The minimum atomic E-state index is 0.202. The summed E-state index contributed by atoms with van der Waals surface area (Å²) in [6.07, 6.45) is 5.09. The summed E-state index contributed by atoms with van der Waals surface area (Å²) in [6.45, 7) is 1.81. The summed E-state index contributed by atoms with van der Waals surface area (Å²) in [7, 11) is 0. The van der Waals surface area contributed by atoms with Crippen molar-refractivity contribution < 1.29 is 0 Å². The van der Waals surface area contributed by atoms with Gasteiger partial charge in [0.05, 0.1) is 0 Å². The van der Waals surface area contributed by atoms with Crippen LogP contribution in [0, 0.1) is 19.3 Å². The van der Waals surface area contributed by atoms with Gasteiger partial charge >= 0.3 is 0 Å². The SMILES string of the molecule is C#Cc1cc(C)nc(Cl)n1. The van der Waals surface area contributed by atoms with Crippen molar-refractivity contribution in [2.45, 2.75) is 6.92 Å². The molecular weight excluding hydrogens is 148 g/mol. The van der Waals surface area contributed by atoms with E-state index >= 15 is 0 Å². The molecule has 0 unspecified atom stereocenters. The van der Waals surface area contributed by atoms with Crippen LogP contribution >= 0.6 is 11.6 Å². The van der Waals surface area contributed by atoms with Gasteiger partial charge < -0.3 is 0 Å². The Morgan fingerprint density at radius 3 is 2.80 bits per heavy atom. The number of hydrogen-bond donors (Lipinski definition) is 0. The maximum Gasteiger partial charge on any atom is 0.223 e. The summed E-state index contributed by atoms with van der Waals surface area (Å²) in [5.74, 6) is 2.37. The molecule has 0 radical (unpaired) electrons. The molecule has 0 saturated heterocycles. The number of nitrogens with zero attached hydrogens (tertiary/aromatic N) is 2. The zero-order valence-electron chi connectivity index (χ0n) is 5.43. The zero-order chi connectivity index (χ0) is 7.56. The summed E-state index contributed by atoms with van der Waals surface area (Å²) < 4.78 is 0. The van der Waals surface area contributed by atoms with Crippen LogP contribution in [0.3, 0.4) is 0 Å². The first kappa shape index (κ1) is 7.04. The Balaban J connectivity index is 3.22. The second kappa shape index (κ2) is 2.68. The van der Waals surface area contributed by atoms with Gasteiger partial charge in [0.1, 0.15) is 5.69 Å². The van der Waals surface area contributed by atoms with Crippen LogP contribution in [-0.2, 0) is 0 Å². The van der Waals surface area contributed by atoms with E-state index < -0.39 is 0 Å². The summed E-state index contributed by atoms with van der Waals surface area (Å²) in [6, 6.07) is 1.70. The van der Waals surface area contributed by atoms with Crippen molar-refractivity contribution in [2.75, 3.05) is 0 Å². The second-order valence-corrected chi connectivity index (χ2v) is 2.15. The predicted molar refractivity (Wildman–Crippen MR) is 39.7 cm³/mol. The van der Waals surface area contributed by atoms with Crippen molar-refractivity contribution in [3.8, 4) is 12.3 Å². The van der Waals surface area contributed by atoms with E-state index in [2.05, 4.69) is 15.9 Å². The van der Waals surface area contributed by atoms with Crippen molar-refractivity contribution in [3.63, 3.8) is 0 Å².